The molecule has 1 unspecified atom stereocenters. The summed E-state index contributed by atoms with van der Waals surface area (Å²) >= 11 is 0. The van der Waals surface area contributed by atoms with Gasteiger partial charge in [-0.25, -0.2) is 4.79 Å². The van der Waals surface area contributed by atoms with Crippen LogP contribution in [0.2, 0.25) is 0 Å². The lowest BCUT2D eigenvalue weighted by Crippen LogP contribution is -2.17. The first-order valence-corrected chi connectivity index (χ1v) is 10.8. The third-order valence-corrected chi connectivity index (χ3v) is 5.68. The largest absolute Gasteiger partial charge is 0.482 e. The van der Waals surface area contributed by atoms with Crippen LogP contribution in [0.3, 0.4) is 0 Å². The molecule has 7 nitrogen and oxygen atoms in total. The topological polar surface area (TPSA) is 87.6 Å². The zero-order chi connectivity index (χ0) is 22.1. The zero-order valence-electron chi connectivity index (χ0n) is 18.1. The van der Waals surface area contributed by atoms with Crippen molar-refractivity contribution in [3.05, 3.63) is 65.2 Å². The molecule has 0 amide bonds. The minimum atomic E-state index is -0.679. The van der Waals surface area contributed by atoms with Gasteiger partial charge in [-0.05, 0) is 63.4 Å². The zero-order valence-corrected chi connectivity index (χ0v) is 18.1. The molecule has 2 aromatic heterocycles. The van der Waals surface area contributed by atoms with Gasteiger partial charge in [0.15, 0.2) is 12.7 Å². The number of aromatic nitrogens is 2. The molecule has 5 rings (SSSR count). The summed E-state index contributed by atoms with van der Waals surface area (Å²) in [7, 11) is 0. The minimum Gasteiger partial charge on any atom is -0.482 e. The van der Waals surface area contributed by atoms with Crippen LogP contribution in [0.25, 0.3) is 22.4 Å². The predicted octanol–water partition coefficient (Wildman–Crippen LogP) is 5.35. The third kappa shape index (κ3) is 4.10. The van der Waals surface area contributed by atoms with Crippen molar-refractivity contribution in [2.24, 2.45) is 0 Å². The van der Waals surface area contributed by atoms with Crippen molar-refractivity contribution in [1.82, 2.24) is 10.2 Å². The molecule has 0 saturated heterocycles. The Labute approximate surface area is 185 Å². The summed E-state index contributed by atoms with van der Waals surface area (Å²) in [5.74, 6) is 1.79. The molecule has 164 valence electrons. The molecule has 1 aliphatic rings. The molecule has 1 aliphatic carbocycles. The summed E-state index contributed by atoms with van der Waals surface area (Å²) in [4.78, 5) is 12.3. The summed E-state index contributed by atoms with van der Waals surface area (Å²) in [6, 6.07) is 13.4. The Morgan fingerprint density at radius 2 is 1.88 bits per heavy atom. The van der Waals surface area contributed by atoms with Crippen LogP contribution >= 0.6 is 0 Å². The minimum absolute atomic E-state index is 0.213. The van der Waals surface area contributed by atoms with Gasteiger partial charge in [-0.1, -0.05) is 17.7 Å². The van der Waals surface area contributed by atoms with Crippen LogP contribution < -0.4 is 4.74 Å². The van der Waals surface area contributed by atoms with Crippen molar-refractivity contribution < 1.29 is 23.1 Å². The maximum atomic E-state index is 12.3. The van der Waals surface area contributed by atoms with Gasteiger partial charge in [0, 0.05) is 22.9 Å². The number of nitrogens with zero attached hydrogens (tertiary/aromatic N) is 2. The molecule has 0 radical (unpaired) electrons. The first-order chi connectivity index (χ1) is 15.6. The Balaban J connectivity index is 1.20. The van der Waals surface area contributed by atoms with Crippen molar-refractivity contribution in [1.29, 1.82) is 0 Å². The second kappa shape index (κ2) is 8.49. The number of rotatable bonds is 6. The van der Waals surface area contributed by atoms with Crippen LogP contribution in [-0.2, 0) is 22.4 Å². The summed E-state index contributed by atoms with van der Waals surface area (Å²) in [5, 5.41) is 9.12. The molecule has 2 heterocycles. The molecule has 0 N–H and O–H groups in total. The van der Waals surface area contributed by atoms with E-state index in [1.165, 1.54) is 5.56 Å². The lowest BCUT2D eigenvalue weighted by molar-refractivity contribution is -0.152. The van der Waals surface area contributed by atoms with Gasteiger partial charge in [-0.2, -0.15) is 0 Å². The smallest absolute Gasteiger partial charge is 0.344 e. The Kier molecular flexibility index (Phi) is 5.39. The van der Waals surface area contributed by atoms with Crippen molar-refractivity contribution >= 4 is 16.9 Å². The van der Waals surface area contributed by atoms with E-state index in [-0.39, 0.29) is 12.5 Å². The summed E-state index contributed by atoms with van der Waals surface area (Å²) in [6.07, 6.45) is 3.64. The molecule has 2 aromatic carbocycles. The van der Waals surface area contributed by atoms with Gasteiger partial charge in [0.2, 0.25) is 5.89 Å². The van der Waals surface area contributed by atoms with Crippen LogP contribution in [0.15, 0.2) is 51.3 Å². The fourth-order valence-electron chi connectivity index (χ4n) is 3.97. The highest BCUT2D eigenvalue weighted by molar-refractivity contribution is 5.84. The molecule has 0 aliphatic heterocycles. The monoisotopic (exact) mass is 432 g/mol. The summed E-state index contributed by atoms with van der Waals surface area (Å²) in [5.41, 5.74) is 4.07. The van der Waals surface area contributed by atoms with Crippen molar-refractivity contribution in [2.45, 2.75) is 45.6 Å². The van der Waals surface area contributed by atoms with E-state index < -0.39 is 12.1 Å². The van der Waals surface area contributed by atoms with Gasteiger partial charge < -0.3 is 18.3 Å². The van der Waals surface area contributed by atoms with Crippen LogP contribution in [-0.4, -0.2) is 22.8 Å². The average molecular weight is 432 g/mol. The van der Waals surface area contributed by atoms with E-state index in [0.29, 0.717) is 11.6 Å². The van der Waals surface area contributed by atoms with Gasteiger partial charge in [0.25, 0.3) is 5.89 Å². The second-order valence-corrected chi connectivity index (χ2v) is 8.10. The highest BCUT2D eigenvalue weighted by Crippen LogP contribution is 2.34. The normalized spacial score (nSPS) is 14.2. The number of aryl methyl sites for hydroxylation is 3. The van der Waals surface area contributed by atoms with Gasteiger partial charge in [-0.3, -0.25) is 0 Å². The number of fused-ring (bicyclic) bond motifs is 3. The first-order valence-electron chi connectivity index (χ1n) is 10.8. The highest BCUT2D eigenvalue weighted by atomic mass is 16.6. The number of benzene rings is 2. The number of esters is 1. The summed E-state index contributed by atoms with van der Waals surface area (Å²) in [6.45, 7) is 3.48. The van der Waals surface area contributed by atoms with Gasteiger partial charge in [0.05, 0.1) is 0 Å². The van der Waals surface area contributed by atoms with Crippen molar-refractivity contribution in [2.75, 3.05) is 6.61 Å². The maximum absolute atomic E-state index is 12.3. The maximum Gasteiger partial charge on any atom is 0.344 e. The number of hydrogen-bond acceptors (Lipinski definition) is 7. The third-order valence-electron chi connectivity index (χ3n) is 5.68. The molecule has 7 heteroatoms. The second-order valence-electron chi connectivity index (χ2n) is 8.10. The van der Waals surface area contributed by atoms with Gasteiger partial charge in [-0.15, -0.1) is 10.2 Å². The SMILES string of the molecule is Cc1ccc(-c2nnc(C(C)OC(=O)COc3ccc4oc5c(c4c3)CCCC5)o2)cc1. The van der Waals surface area contributed by atoms with Gasteiger partial charge in [0.1, 0.15) is 17.1 Å². The van der Waals surface area contributed by atoms with Crippen molar-refractivity contribution in [3.8, 4) is 17.2 Å². The molecule has 4 aromatic rings. The van der Waals surface area contributed by atoms with Crippen LogP contribution in [0.5, 0.6) is 5.75 Å². The number of hydrogen-bond donors (Lipinski definition) is 0. The predicted molar refractivity (Wildman–Crippen MR) is 117 cm³/mol. The number of furan rings is 1. The van der Waals surface area contributed by atoms with Crippen LogP contribution in [0, 0.1) is 6.92 Å². The van der Waals surface area contributed by atoms with E-state index in [9.17, 15) is 4.79 Å². The summed E-state index contributed by atoms with van der Waals surface area (Å²) < 4.78 is 22.7. The molecule has 32 heavy (non-hydrogen) atoms. The Hall–Kier alpha value is -3.61. The number of ether oxygens (including phenoxy) is 2. The molecule has 0 spiro atoms. The van der Waals surface area contributed by atoms with E-state index >= 15 is 0 Å². The Bertz CT molecular complexity index is 1260. The van der Waals surface area contributed by atoms with E-state index in [4.69, 9.17) is 18.3 Å². The number of carbonyl (C=O) groups is 1. The molecular formula is C25H24N2O5. The molecule has 0 bridgehead atoms. The van der Waals surface area contributed by atoms with E-state index in [0.717, 1.165) is 53.5 Å². The van der Waals surface area contributed by atoms with Crippen LogP contribution in [0.1, 0.15) is 48.6 Å². The first kappa shape index (κ1) is 20.3. The number of carbonyl (C=O) groups excluding carboxylic acids is 1. The molecule has 0 saturated carbocycles. The standard InChI is InChI=1S/C25H24N2O5/c1-15-7-9-17(10-8-15)25-27-26-24(32-25)16(2)30-23(28)14-29-18-11-12-22-20(13-18)19-5-3-4-6-21(19)31-22/h7-13,16H,3-6,14H2,1-2H3. The Morgan fingerprint density at radius 3 is 2.72 bits per heavy atom. The lowest BCUT2D eigenvalue weighted by Gasteiger charge is -2.11. The lowest BCUT2D eigenvalue weighted by atomic mass is 9.96. The molecule has 1 atom stereocenters. The molecular weight excluding hydrogens is 408 g/mol. The fourth-order valence-corrected chi connectivity index (χ4v) is 3.97. The molecule has 0 fully saturated rings. The van der Waals surface area contributed by atoms with E-state index in [2.05, 4.69) is 10.2 Å². The quantitative estimate of drug-likeness (QED) is 0.379. The fraction of sp³-hybridized carbons (Fsp3) is 0.320. The average Bonchev–Trinajstić information content (AvgIpc) is 3.43. The van der Waals surface area contributed by atoms with Gasteiger partial charge >= 0.3 is 5.97 Å². The highest BCUT2D eigenvalue weighted by Gasteiger charge is 2.21. The van der Waals surface area contributed by atoms with E-state index in [1.54, 1.807) is 13.0 Å². The van der Waals surface area contributed by atoms with Crippen LogP contribution in [0.4, 0.5) is 0 Å². The van der Waals surface area contributed by atoms with Crippen molar-refractivity contribution in [3.63, 3.8) is 0 Å². The van der Waals surface area contributed by atoms with E-state index in [1.807, 2.05) is 43.3 Å². The Morgan fingerprint density at radius 1 is 1.06 bits per heavy atom.